The molecule has 3 nitrogen and oxygen atoms in total. The maximum atomic E-state index is 14.6. The zero-order valence-electron chi connectivity index (χ0n) is 19.5. The normalized spacial score (nSPS) is 19.7. The molecule has 1 atom stereocenters. The largest absolute Gasteiger partial charge is 0.462 e. The van der Waals surface area contributed by atoms with Crippen LogP contribution >= 0.6 is 0 Å². The van der Waals surface area contributed by atoms with Gasteiger partial charge in [0, 0.05) is 18.1 Å². The number of aryl methyl sites for hydroxylation is 1. The lowest BCUT2D eigenvalue weighted by Crippen LogP contribution is -2.23. The highest BCUT2D eigenvalue weighted by atomic mass is 19.1. The van der Waals surface area contributed by atoms with E-state index in [1.54, 1.807) is 13.0 Å². The second-order valence-corrected chi connectivity index (χ2v) is 9.40. The Balaban J connectivity index is 1.77. The lowest BCUT2D eigenvalue weighted by Gasteiger charge is -2.31. The predicted molar refractivity (Wildman–Crippen MR) is 125 cm³/mol. The summed E-state index contributed by atoms with van der Waals surface area (Å²) in [5, 5.41) is 9.64. The summed E-state index contributed by atoms with van der Waals surface area (Å²) >= 11 is 0. The van der Waals surface area contributed by atoms with E-state index in [4.69, 9.17) is 4.74 Å². The fourth-order valence-electron chi connectivity index (χ4n) is 4.65. The molecule has 1 fully saturated rings. The van der Waals surface area contributed by atoms with Gasteiger partial charge in [-0.1, -0.05) is 51.3 Å². The van der Waals surface area contributed by atoms with Crippen molar-refractivity contribution in [3.63, 3.8) is 0 Å². The standard InChI is InChI=1S/C27H41FO3/c1-4-5-6-7-8-9-24-14-15-25(17-26(24)28)23-12-10-21(11-13-23)16-22(18-29)19-31-27(30)20(2)3/h14-15,17,21-23,29H,2,4-13,16,18-19H2,1,3H3. The summed E-state index contributed by atoms with van der Waals surface area (Å²) in [5.41, 5.74) is 2.36. The van der Waals surface area contributed by atoms with E-state index in [9.17, 15) is 14.3 Å². The van der Waals surface area contributed by atoms with Crippen molar-refractivity contribution >= 4 is 5.97 Å². The van der Waals surface area contributed by atoms with Crippen molar-refractivity contribution in [2.75, 3.05) is 13.2 Å². The van der Waals surface area contributed by atoms with Crippen LogP contribution in [0.1, 0.15) is 95.1 Å². The van der Waals surface area contributed by atoms with Gasteiger partial charge in [-0.2, -0.15) is 0 Å². The highest BCUT2D eigenvalue weighted by Gasteiger charge is 2.25. The Morgan fingerprint density at radius 2 is 1.90 bits per heavy atom. The number of aliphatic hydroxyl groups excluding tert-OH is 1. The maximum Gasteiger partial charge on any atom is 0.333 e. The van der Waals surface area contributed by atoms with Crippen LogP contribution < -0.4 is 0 Å². The SMILES string of the molecule is C=C(C)C(=O)OCC(CO)CC1CCC(c2ccc(CCCCCCC)c(F)c2)CC1. The van der Waals surface area contributed by atoms with Crippen LogP contribution in [0.25, 0.3) is 0 Å². The second-order valence-electron chi connectivity index (χ2n) is 9.40. The molecule has 1 saturated carbocycles. The third-order valence-electron chi connectivity index (χ3n) is 6.67. The average molecular weight is 433 g/mol. The van der Waals surface area contributed by atoms with E-state index in [2.05, 4.69) is 19.6 Å². The summed E-state index contributed by atoms with van der Waals surface area (Å²) in [7, 11) is 0. The zero-order valence-corrected chi connectivity index (χ0v) is 19.5. The number of aliphatic hydroxyl groups is 1. The molecule has 1 aromatic rings. The molecular weight excluding hydrogens is 391 g/mol. The molecule has 0 saturated heterocycles. The lowest BCUT2D eigenvalue weighted by atomic mass is 9.75. The number of esters is 1. The smallest absolute Gasteiger partial charge is 0.333 e. The van der Waals surface area contributed by atoms with Gasteiger partial charge in [0.2, 0.25) is 0 Å². The molecule has 2 rings (SSSR count). The van der Waals surface area contributed by atoms with E-state index >= 15 is 0 Å². The molecule has 1 aliphatic carbocycles. The summed E-state index contributed by atoms with van der Waals surface area (Å²) in [4.78, 5) is 11.6. The Labute approximate surface area is 188 Å². The molecule has 1 aliphatic rings. The summed E-state index contributed by atoms with van der Waals surface area (Å²) < 4.78 is 19.8. The summed E-state index contributed by atoms with van der Waals surface area (Å²) in [5.74, 6) is 0.463. The van der Waals surface area contributed by atoms with Crippen LogP contribution in [0.4, 0.5) is 4.39 Å². The topological polar surface area (TPSA) is 46.5 Å². The van der Waals surface area contributed by atoms with Gasteiger partial charge >= 0.3 is 5.97 Å². The van der Waals surface area contributed by atoms with Gasteiger partial charge in [-0.25, -0.2) is 9.18 Å². The van der Waals surface area contributed by atoms with Crippen molar-refractivity contribution in [2.45, 2.75) is 90.4 Å². The van der Waals surface area contributed by atoms with Crippen molar-refractivity contribution < 1.29 is 19.0 Å². The molecule has 0 radical (unpaired) electrons. The van der Waals surface area contributed by atoms with E-state index in [0.717, 1.165) is 56.1 Å². The molecule has 0 aliphatic heterocycles. The number of unbranched alkanes of at least 4 members (excludes halogenated alkanes) is 4. The Morgan fingerprint density at radius 3 is 2.52 bits per heavy atom. The third-order valence-corrected chi connectivity index (χ3v) is 6.67. The Bertz CT molecular complexity index is 692. The van der Waals surface area contributed by atoms with E-state index in [1.807, 2.05) is 6.07 Å². The van der Waals surface area contributed by atoms with Crippen LogP contribution in [0.5, 0.6) is 0 Å². The molecule has 0 bridgehead atoms. The minimum atomic E-state index is -0.395. The van der Waals surface area contributed by atoms with Gasteiger partial charge in [-0.05, 0) is 80.9 Å². The number of hydrogen-bond acceptors (Lipinski definition) is 3. The van der Waals surface area contributed by atoms with Gasteiger partial charge in [-0.3, -0.25) is 0 Å². The Morgan fingerprint density at radius 1 is 1.19 bits per heavy atom. The Hall–Kier alpha value is -1.68. The molecule has 0 amide bonds. The molecule has 1 unspecified atom stereocenters. The van der Waals surface area contributed by atoms with E-state index in [-0.39, 0.29) is 24.9 Å². The average Bonchev–Trinajstić information content (AvgIpc) is 2.77. The number of ether oxygens (including phenoxy) is 1. The van der Waals surface area contributed by atoms with Crippen molar-refractivity contribution in [3.8, 4) is 0 Å². The number of hydrogen-bond donors (Lipinski definition) is 1. The van der Waals surface area contributed by atoms with Crippen LogP contribution in [0.15, 0.2) is 30.4 Å². The number of carbonyl (C=O) groups is 1. The minimum Gasteiger partial charge on any atom is -0.462 e. The van der Waals surface area contributed by atoms with Crippen LogP contribution in [0.2, 0.25) is 0 Å². The highest BCUT2D eigenvalue weighted by Crippen LogP contribution is 2.38. The fourth-order valence-corrected chi connectivity index (χ4v) is 4.65. The van der Waals surface area contributed by atoms with Gasteiger partial charge in [0.1, 0.15) is 5.82 Å². The van der Waals surface area contributed by atoms with Gasteiger partial charge in [-0.15, -0.1) is 0 Å². The third kappa shape index (κ3) is 8.76. The molecular formula is C27H41FO3. The van der Waals surface area contributed by atoms with E-state index in [1.165, 1.54) is 25.7 Å². The Kier molecular flexibility index (Phi) is 11.3. The monoisotopic (exact) mass is 432 g/mol. The van der Waals surface area contributed by atoms with Crippen molar-refractivity contribution in [3.05, 3.63) is 47.3 Å². The van der Waals surface area contributed by atoms with Crippen molar-refractivity contribution in [1.82, 2.24) is 0 Å². The maximum absolute atomic E-state index is 14.6. The first-order valence-electron chi connectivity index (χ1n) is 12.2. The highest BCUT2D eigenvalue weighted by molar-refractivity contribution is 5.86. The van der Waals surface area contributed by atoms with Gasteiger partial charge in [0.05, 0.1) is 6.61 Å². The van der Waals surface area contributed by atoms with Crippen molar-refractivity contribution in [1.29, 1.82) is 0 Å². The van der Waals surface area contributed by atoms with Crippen LogP contribution in [-0.2, 0) is 16.0 Å². The molecule has 174 valence electrons. The molecule has 31 heavy (non-hydrogen) atoms. The molecule has 0 heterocycles. The van der Waals surface area contributed by atoms with E-state index < -0.39 is 5.97 Å². The van der Waals surface area contributed by atoms with E-state index in [0.29, 0.717) is 17.4 Å². The molecule has 1 N–H and O–H groups in total. The number of halogens is 1. The lowest BCUT2D eigenvalue weighted by molar-refractivity contribution is -0.140. The predicted octanol–water partition coefficient (Wildman–Crippen LogP) is 6.73. The number of carbonyl (C=O) groups excluding carboxylic acids is 1. The van der Waals surface area contributed by atoms with Gasteiger partial charge in [0.25, 0.3) is 0 Å². The van der Waals surface area contributed by atoms with Crippen LogP contribution in [-0.4, -0.2) is 24.3 Å². The van der Waals surface area contributed by atoms with Gasteiger partial charge in [0.15, 0.2) is 0 Å². The van der Waals surface area contributed by atoms with Crippen LogP contribution in [0, 0.1) is 17.7 Å². The molecule has 1 aromatic carbocycles. The fraction of sp³-hybridized carbons (Fsp3) is 0.667. The molecule has 4 heteroatoms. The first-order chi connectivity index (χ1) is 14.9. The summed E-state index contributed by atoms with van der Waals surface area (Å²) in [6.07, 6.45) is 11.9. The molecule has 0 spiro atoms. The summed E-state index contributed by atoms with van der Waals surface area (Å²) in [6, 6.07) is 5.89. The zero-order chi connectivity index (χ0) is 22.6. The first kappa shape index (κ1) is 25.6. The number of rotatable bonds is 13. The first-order valence-corrected chi connectivity index (χ1v) is 12.2. The minimum absolute atomic E-state index is 0.0223. The molecule has 0 aromatic heterocycles. The summed E-state index contributed by atoms with van der Waals surface area (Å²) in [6.45, 7) is 7.68. The van der Waals surface area contributed by atoms with Gasteiger partial charge < -0.3 is 9.84 Å². The van der Waals surface area contributed by atoms with Crippen molar-refractivity contribution in [2.24, 2.45) is 11.8 Å². The second kappa shape index (κ2) is 13.7. The van der Waals surface area contributed by atoms with Crippen LogP contribution in [0.3, 0.4) is 0 Å². The quantitative estimate of drug-likeness (QED) is 0.213. The number of benzene rings is 1.